The predicted molar refractivity (Wildman–Crippen MR) is 100 cm³/mol. The second kappa shape index (κ2) is 7.27. The second-order valence-corrected chi connectivity index (χ2v) is 6.88. The van der Waals surface area contributed by atoms with E-state index >= 15 is 0 Å². The van der Waals surface area contributed by atoms with Crippen LogP contribution in [0.3, 0.4) is 0 Å². The number of benzene rings is 1. The molecule has 2 aromatic heterocycles. The SMILES string of the molecule is CC(C)Cn1ccc2cc(-c3cccc([C@@H](O)[C@H](O)C(N)=O)n3)ccc21. The highest BCUT2D eigenvalue weighted by Crippen LogP contribution is 2.26. The Kier molecular flexibility index (Phi) is 5.06. The van der Waals surface area contributed by atoms with Crippen molar-refractivity contribution in [2.45, 2.75) is 32.6 Å². The number of nitrogens with two attached hydrogens (primary N) is 1. The number of hydrogen-bond donors (Lipinski definition) is 3. The van der Waals surface area contributed by atoms with E-state index in [9.17, 15) is 15.0 Å². The monoisotopic (exact) mass is 353 g/mol. The number of rotatable bonds is 6. The topological polar surface area (TPSA) is 101 Å². The summed E-state index contributed by atoms with van der Waals surface area (Å²) in [6, 6.07) is 13.2. The first-order valence-electron chi connectivity index (χ1n) is 8.58. The standard InChI is InChI=1S/C20H23N3O3/c1-12(2)11-23-9-8-14-10-13(6-7-17(14)23)15-4-3-5-16(22-15)18(24)19(25)20(21)26/h3-10,12,18-19,24-25H,11H2,1-2H3,(H2,21,26)/t18-,19+/m1/s1. The maximum absolute atomic E-state index is 11.1. The first-order chi connectivity index (χ1) is 12.4. The van der Waals surface area contributed by atoms with Crippen molar-refractivity contribution in [1.82, 2.24) is 9.55 Å². The number of carbonyl (C=O) groups is 1. The molecule has 1 amide bonds. The number of aliphatic hydroxyl groups excluding tert-OH is 2. The van der Waals surface area contributed by atoms with Gasteiger partial charge in [0.2, 0.25) is 5.91 Å². The zero-order valence-corrected chi connectivity index (χ0v) is 14.8. The van der Waals surface area contributed by atoms with Gasteiger partial charge >= 0.3 is 0 Å². The van der Waals surface area contributed by atoms with E-state index < -0.39 is 18.1 Å². The Bertz CT molecular complexity index is 933. The van der Waals surface area contributed by atoms with Crippen LogP contribution in [0.1, 0.15) is 25.6 Å². The lowest BCUT2D eigenvalue weighted by Crippen LogP contribution is -2.34. The van der Waals surface area contributed by atoms with Gasteiger partial charge in [-0.15, -0.1) is 0 Å². The molecule has 4 N–H and O–H groups in total. The van der Waals surface area contributed by atoms with Crippen LogP contribution in [0.25, 0.3) is 22.2 Å². The van der Waals surface area contributed by atoms with Crippen LogP contribution in [0, 0.1) is 5.92 Å². The van der Waals surface area contributed by atoms with Gasteiger partial charge in [-0.1, -0.05) is 26.0 Å². The fourth-order valence-corrected chi connectivity index (χ4v) is 3.01. The first-order valence-corrected chi connectivity index (χ1v) is 8.58. The van der Waals surface area contributed by atoms with E-state index in [4.69, 9.17) is 5.73 Å². The molecule has 0 radical (unpaired) electrons. The highest BCUT2D eigenvalue weighted by Gasteiger charge is 2.24. The molecule has 3 rings (SSSR count). The van der Waals surface area contributed by atoms with Crippen LogP contribution in [0.2, 0.25) is 0 Å². The Hall–Kier alpha value is -2.70. The molecule has 136 valence electrons. The van der Waals surface area contributed by atoms with E-state index in [2.05, 4.69) is 41.7 Å². The van der Waals surface area contributed by atoms with Gasteiger partial charge < -0.3 is 20.5 Å². The molecule has 1 aromatic carbocycles. The van der Waals surface area contributed by atoms with E-state index in [1.54, 1.807) is 12.1 Å². The fourth-order valence-electron chi connectivity index (χ4n) is 3.01. The Morgan fingerprint density at radius 3 is 2.65 bits per heavy atom. The van der Waals surface area contributed by atoms with E-state index in [1.165, 1.54) is 0 Å². The number of carbonyl (C=O) groups excluding carboxylic acids is 1. The molecule has 0 aliphatic rings. The van der Waals surface area contributed by atoms with Gasteiger partial charge in [-0.05, 0) is 36.2 Å². The summed E-state index contributed by atoms with van der Waals surface area (Å²) in [5, 5.41) is 20.8. The maximum atomic E-state index is 11.1. The van der Waals surface area contributed by atoms with Gasteiger partial charge in [-0.3, -0.25) is 4.79 Å². The first kappa shape index (κ1) is 18.1. The zero-order chi connectivity index (χ0) is 18.8. The molecule has 0 aliphatic carbocycles. The zero-order valence-electron chi connectivity index (χ0n) is 14.8. The van der Waals surface area contributed by atoms with Crippen LogP contribution >= 0.6 is 0 Å². The van der Waals surface area contributed by atoms with Crippen molar-refractivity contribution in [2.24, 2.45) is 11.7 Å². The fraction of sp³-hybridized carbons (Fsp3) is 0.300. The largest absolute Gasteiger partial charge is 0.384 e. The van der Waals surface area contributed by atoms with Gasteiger partial charge in [0.1, 0.15) is 6.10 Å². The Labute approximate surface area is 151 Å². The molecule has 0 fully saturated rings. The molecular formula is C20H23N3O3. The number of primary amides is 1. The minimum absolute atomic E-state index is 0.200. The number of aromatic nitrogens is 2. The maximum Gasteiger partial charge on any atom is 0.249 e. The number of fused-ring (bicyclic) bond motifs is 1. The highest BCUT2D eigenvalue weighted by atomic mass is 16.3. The molecular weight excluding hydrogens is 330 g/mol. The number of amides is 1. The van der Waals surface area contributed by atoms with Crippen molar-refractivity contribution < 1.29 is 15.0 Å². The number of aliphatic hydroxyl groups is 2. The molecule has 0 saturated carbocycles. The number of pyridine rings is 1. The third kappa shape index (κ3) is 3.61. The summed E-state index contributed by atoms with van der Waals surface area (Å²) in [4.78, 5) is 15.5. The molecule has 3 aromatic rings. The minimum Gasteiger partial charge on any atom is -0.384 e. The molecule has 0 spiro atoms. The smallest absolute Gasteiger partial charge is 0.249 e. The molecule has 6 nitrogen and oxygen atoms in total. The highest BCUT2D eigenvalue weighted by molar-refractivity contribution is 5.85. The Morgan fingerprint density at radius 1 is 1.19 bits per heavy atom. The van der Waals surface area contributed by atoms with E-state index in [1.807, 2.05) is 18.2 Å². The average molecular weight is 353 g/mol. The molecule has 6 heteroatoms. The van der Waals surface area contributed by atoms with Crippen molar-refractivity contribution in [1.29, 1.82) is 0 Å². The molecule has 0 bridgehead atoms. The summed E-state index contributed by atoms with van der Waals surface area (Å²) in [6.45, 7) is 5.32. The van der Waals surface area contributed by atoms with Crippen LogP contribution in [-0.2, 0) is 11.3 Å². The quantitative estimate of drug-likeness (QED) is 0.632. The van der Waals surface area contributed by atoms with E-state index in [-0.39, 0.29) is 5.69 Å². The normalized spacial score (nSPS) is 13.9. The van der Waals surface area contributed by atoms with Crippen molar-refractivity contribution in [2.75, 3.05) is 0 Å². The van der Waals surface area contributed by atoms with Gasteiger partial charge in [-0.2, -0.15) is 0 Å². The van der Waals surface area contributed by atoms with E-state index in [0.29, 0.717) is 11.6 Å². The summed E-state index contributed by atoms with van der Waals surface area (Å²) >= 11 is 0. The summed E-state index contributed by atoms with van der Waals surface area (Å²) in [5.41, 5.74) is 7.94. The molecule has 0 unspecified atom stereocenters. The van der Waals surface area contributed by atoms with Crippen molar-refractivity contribution in [3.05, 3.63) is 54.4 Å². The average Bonchev–Trinajstić information content (AvgIpc) is 3.02. The van der Waals surface area contributed by atoms with Crippen molar-refractivity contribution in [3.63, 3.8) is 0 Å². The number of nitrogens with zero attached hydrogens (tertiary/aromatic N) is 2. The molecule has 2 atom stereocenters. The van der Waals surface area contributed by atoms with Crippen molar-refractivity contribution >= 4 is 16.8 Å². The lowest BCUT2D eigenvalue weighted by Gasteiger charge is -2.15. The van der Waals surface area contributed by atoms with Crippen LogP contribution in [0.4, 0.5) is 0 Å². The van der Waals surface area contributed by atoms with E-state index in [0.717, 1.165) is 23.0 Å². The summed E-state index contributed by atoms with van der Waals surface area (Å²) in [6.07, 6.45) is -1.07. The summed E-state index contributed by atoms with van der Waals surface area (Å²) < 4.78 is 2.22. The Balaban J connectivity index is 1.94. The lowest BCUT2D eigenvalue weighted by atomic mass is 10.1. The van der Waals surface area contributed by atoms with Gasteiger partial charge in [0.15, 0.2) is 6.10 Å². The van der Waals surface area contributed by atoms with Crippen molar-refractivity contribution in [3.8, 4) is 11.3 Å². The van der Waals surface area contributed by atoms with Crippen LogP contribution < -0.4 is 5.73 Å². The van der Waals surface area contributed by atoms with Crippen LogP contribution in [0.15, 0.2) is 48.7 Å². The van der Waals surface area contributed by atoms with Gasteiger partial charge in [0.25, 0.3) is 0 Å². The summed E-state index contributed by atoms with van der Waals surface area (Å²) in [5.74, 6) is -0.431. The van der Waals surface area contributed by atoms with Gasteiger partial charge in [0, 0.05) is 29.2 Å². The number of hydrogen-bond acceptors (Lipinski definition) is 4. The Morgan fingerprint density at radius 2 is 1.96 bits per heavy atom. The summed E-state index contributed by atoms with van der Waals surface area (Å²) in [7, 11) is 0. The second-order valence-electron chi connectivity index (χ2n) is 6.88. The van der Waals surface area contributed by atoms with Crippen LogP contribution in [0.5, 0.6) is 0 Å². The van der Waals surface area contributed by atoms with Gasteiger partial charge in [-0.25, -0.2) is 4.98 Å². The minimum atomic E-state index is -1.69. The van der Waals surface area contributed by atoms with Gasteiger partial charge in [0.05, 0.1) is 11.4 Å². The third-order valence-corrected chi connectivity index (χ3v) is 4.29. The predicted octanol–water partition coefficient (Wildman–Crippen LogP) is 2.24. The lowest BCUT2D eigenvalue weighted by molar-refractivity contribution is -0.132. The molecule has 2 heterocycles. The third-order valence-electron chi connectivity index (χ3n) is 4.29. The molecule has 0 saturated heterocycles. The molecule has 26 heavy (non-hydrogen) atoms. The molecule has 0 aliphatic heterocycles. The van der Waals surface area contributed by atoms with Crippen LogP contribution in [-0.4, -0.2) is 31.8 Å².